The van der Waals surface area contributed by atoms with Gasteiger partial charge in [0.25, 0.3) is 0 Å². The average molecular weight is 277 g/mol. The highest BCUT2D eigenvalue weighted by molar-refractivity contribution is 5.37. The second kappa shape index (κ2) is 9.02. The lowest BCUT2D eigenvalue weighted by Gasteiger charge is -2.23. The summed E-state index contributed by atoms with van der Waals surface area (Å²) in [5, 5.41) is 3.69. The summed E-state index contributed by atoms with van der Waals surface area (Å²) in [5.41, 5.74) is 2.55. The largest absolute Gasteiger partial charge is 0.496 e. The molecule has 0 aliphatic rings. The van der Waals surface area contributed by atoms with Gasteiger partial charge >= 0.3 is 0 Å². The number of nitrogens with one attached hydrogen (secondary N) is 1. The summed E-state index contributed by atoms with van der Waals surface area (Å²) in [7, 11) is 1.75. The van der Waals surface area contributed by atoms with E-state index in [0.717, 1.165) is 18.2 Å². The molecule has 2 unspecified atom stereocenters. The van der Waals surface area contributed by atoms with E-state index in [1.165, 1.54) is 36.8 Å². The summed E-state index contributed by atoms with van der Waals surface area (Å²) >= 11 is 0. The van der Waals surface area contributed by atoms with Crippen molar-refractivity contribution in [2.45, 2.75) is 59.4 Å². The van der Waals surface area contributed by atoms with E-state index in [9.17, 15) is 0 Å². The Morgan fingerprint density at radius 1 is 1.20 bits per heavy atom. The number of benzene rings is 1. The van der Waals surface area contributed by atoms with Crippen molar-refractivity contribution in [3.8, 4) is 5.75 Å². The molecule has 0 radical (unpaired) electrons. The van der Waals surface area contributed by atoms with Crippen LogP contribution < -0.4 is 10.1 Å². The number of methoxy groups -OCH3 is 1. The second-order valence-corrected chi connectivity index (χ2v) is 5.87. The van der Waals surface area contributed by atoms with Crippen LogP contribution in [0, 0.1) is 12.8 Å². The van der Waals surface area contributed by atoms with E-state index in [1.54, 1.807) is 7.11 Å². The standard InChI is InChI=1S/C18H31NO/c1-6-8-14(3)12-17(19-11-7-2)16-10-9-15(4)18(13-16)20-5/h9-10,13-14,17,19H,6-8,11-12H2,1-5H3. The molecule has 1 rings (SSSR count). The Morgan fingerprint density at radius 2 is 1.95 bits per heavy atom. The smallest absolute Gasteiger partial charge is 0.122 e. The van der Waals surface area contributed by atoms with Gasteiger partial charge in [-0.1, -0.05) is 45.7 Å². The maximum atomic E-state index is 5.46. The molecule has 20 heavy (non-hydrogen) atoms. The molecule has 0 aromatic heterocycles. The number of hydrogen-bond acceptors (Lipinski definition) is 2. The predicted octanol–water partition coefficient (Wildman–Crippen LogP) is 4.87. The van der Waals surface area contributed by atoms with E-state index in [-0.39, 0.29) is 0 Å². The zero-order chi connectivity index (χ0) is 15.0. The molecule has 2 atom stereocenters. The Balaban J connectivity index is 2.85. The van der Waals surface area contributed by atoms with Gasteiger partial charge in [-0.05, 0) is 49.4 Å². The molecule has 1 aromatic carbocycles. The Morgan fingerprint density at radius 3 is 2.55 bits per heavy atom. The summed E-state index contributed by atoms with van der Waals surface area (Å²) in [5.74, 6) is 1.75. The van der Waals surface area contributed by atoms with Crippen molar-refractivity contribution in [1.82, 2.24) is 5.32 Å². The molecule has 0 fully saturated rings. The minimum Gasteiger partial charge on any atom is -0.496 e. The summed E-state index contributed by atoms with van der Waals surface area (Å²) in [4.78, 5) is 0. The lowest BCUT2D eigenvalue weighted by Crippen LogP contribution is -2.24. The number of hydrogen-bond donors (Lipinski definition) is 1. The van der Waals surface area contributed by atoms with Gasteiger partial charge in [0.15, 0.2) is 0 Å². The SMILES string of the molecule is CCCNC(CC(C)CCC)c1ccc(C)c(OC)c1. The molecule has 0 heterocycles. The highest BCUT2D eigenvalue weighted by Gasteiger charge is 2.15. The van der Waals surface area contributed by atoms with Gasteiger partial charge in [0.1, 0.15) is 5.75 Å². The van der Waals surface area contributed by atoms with Crippen LogP contribution in [0.5, 0.6) is 5.75 Å². The van der Waals surface area contributed by atoms with Crippen LogP contribution in [-0.4, -0.2) is 13.7 Å². The Hall–Kier alpha value is -1.02. The lowest BCUT2D eigenvalue weighted by atomic mass is 9.92. The topological polar surface area (TPSA) is 21.3 Å². The zero-order valence-electron chi connectivity index (χ0n) is 13.8. The van der Waals surface area contributed by atoms with Gasteiger partial charge in [-0.3, -0.25) is 0 Å². The van der Waals surface area contributed by atoms with Crippen LogP contribution in [0.4, 0.5) is 0 Å². The summed E-state index contributed by atoms with van der Waals surface area (Å²) in [6.45, 7) is 10.0. The van der Waals surface area contributed by atoms with Crippen molar-refractivity contribution in [2.75, 3.05) is 13.7 Å². The number of rotatable bonds is 9. The van der Waals surface area contributed by atoms with Crippen molar-refractivity contribution in [3.63, 3.8) is 0 Å². The first-order valence-corrected chi connectivity index (χ1v) is 8.00. The van der Waals surface area contributed by atoms with Crippen LogP contribution in [0.1, 0.15) is 63.6 Å². The van der Waals surface area contributed by atoms with E-state index in [2.05, 4.69) is 51.2 Å². The summed E-state index contributed by atoms with van der Waals surface area (Å²) in [6.07, 6.45) is 4.92. The molecule has 2 nitrogen and oxygen atoms in total. The van der Waals surface area contributed by atoms with Crippen LogP contribution in [0.3, 0.4) is 0 Å². The molecule has 1 N–H and O–H groups in total. The van der Waals surface area contributed by atoms with Gasteiger partial charge in [0.2, 0.25) is 0 Å². The average Bonchev–Trinajstić information content (AvgIpc) is 2.44. The van der Waals surface area contributed by atoms with Gasteiger partial charge in [0, 0.05) is 6.04 Å². The van der Waals surface area contributed by atoms with Gasteiger partial charge in [-0.25, -0.2) is 0 Å². The molecule has 114 valence electrons. The van der Waals surface area contributed by atoms with Gasteiger partial charge in [0.05, 0.1) is 7.11 Å². The van der Waals surface area contributed by atoms with Crippen molar-refractivity contribution < 1.29 is 4.74 Å². The molecule has 2 heteroatoms. The monoisotopic (exact) mass is 277 g/mol. The van der Waals surface area contributed by atoms with E-state index >= 15 is 0 Å². The minimum absolute atomic E-state index is 0.436. The Kier molecular flexibility index (Phi) is 7.68. The molecule has 0 amide bonds. The van der Waals surface area contributed by atoms with Crippen LogP contribution in [0.2, 0.25) is 0 Å². The second-order valence-electron chi connectivity index (χ2n) is 5.87. The number of ether oxygens (including phenoxy) is 1. The molecular weight excluding hydrogens is 246 g/mol. The molecular formula is C18H31NO. The first-order chi connectivity index (χ1) is 9.62. The molecule has 0 saturated heterocycles. The van der Waals surface area contributed by atoms with E-state index in [4.69, 9.17) is 4.74 Å². The third-order valence-electron chi connectivity index (χ3n) is 3.89. The fourth-order valence-electron chi connectivity index (χ4n) is 2.72. The molecule has 0 aliphatic carbocycles. The Bertz CT molecular complexity index is 389. The highest BCUT2D eigenvalue weighted by Crippen LogP contribution is 2.28. The third-order valence-corrected chi connectivity index (χ3v) is 3.89. The third kappa shape index (κ3) is 5.16. The molecule has 0 aliphatic heterocycles. The number of aryl methyl sites for hydroxylation is 1. The van der Waals surface area contributed by atoms with Crippen molar-refractivity contribution in [3.05, 3.63) is 29.3 Å². The zero-order valence-corrected chi connectivity index (χ0v) is 13.8. The van der Waals surface area contributed by atoms with Gasteiger partial charge in [-0.2, -0.15) is 0 Å². The maximum Gasteiger partial charge on any atom is 0.122 e. The minimum atomic E-state index is 0.436. The van der Waals surface area contributed by atoms with Crippen LogP contribution in [-0.2, 0) is 0 Å². The van der Waals surface area contributed by atoms with E-state index in [1.807, 2.05) is 0 Å². The molecule has 0 saturated carbocycles. The van der Waals surface area contributed by atoms with E-state index in [0.29, 0.717) is 6.04 Å². The highest BCUT2D eigenvalue weighted by atomic mass is 16.5. The molecule has 1 aromatic rings. The Labute approximate surface area is 124 Å². The van der Waals surface area contributed by atoms with Crippen LogP contribution in [0.25, 0.3) is 0 Å². The first kappa shape index (κ1) is 17.0. The first-order valence-electron chi connectivity index (χ1n) is 8.00. The fourth-order valence-corrected chi connectivity index (χ4v) is 2.72. The van der Waals surface area contributed by atoms with Crippen molar-refractivity contribution >= 4 is 0 Å². The van der Waals surface area contributed by atoms with Crippen molar-refractivity contribution in [1.29, 1.82) is 0 Å². The quantitative estimate of drug-likeness (QED) is 0.695. The summed E-state index contributed by atoms with van der Waals surface area (Å²) < 4.78 is 5.46. The van der Waals surface area contributed by atoms with Gasteiger partial charge in [-0.15, -0.1) is 0 Å². The van der Waals surface area contributed by atoms with Crippen molar-refractivity contribution in [2.24, 2.45) is 5.92 Å². The molecule has 0 bridgehead atoms. The van der Waals surface area contributed by atoms with E-state index < -0.39 is 0 Å². The lowest BCUT2D eigenvalue weighted by molar-refractivity contribution is 0.385. The maximum absolute atomic E-state index is 5.46. The van der Waals surface area contributed by atoms with Crippen LogP contribution >= 0.6 is 0 Å². The normalized spacial score (nSPS) is 14.1. The van der Waals surface area contributed by atoms with Crippen LogP contribution in [0.15, 0.2) is 18.2 Å². The fraction of sp³-hybridized carbons (Fsp3) is 0.667. The molecule has 0 spiro atoms. The summed E-state index contributed by atoms with van der Waals surface area (Å²) in [6, 6.07) is 7.04. The van der Waals surface area contributed by atoms with Gasteiger partial charge < -0.3 is 10.1 Å². The predicted molar refractivity (Wildman–Crippen MR) is 87.5 cm³/mol.